The minimum absolute atomic E-state index is 0.0682. The third kappa shape index (κ3) is 4.84. The van der Waals surface area contributed by atoms with Gasteiger partial charge in [0.25, 0.3) is 5.91 Å². The van der Waals surface area contributed by atoms with Crippen LogP contribution < -0.4 is 14.8 Å². The van der Waals surface area contributed by atoms with Crippen LogP contribution in [0.4, 0.5) is 14.5 Å². The van der Waals surface area contributed by atoms with Gasteiger partial charge in [-0.2, -0.15) is 0 Å². The van der Waals surface area contributed by atoms with Crippen LogP contribution in [-0.4, -0.2) is 40.7 Å². The number of benzene rings is 2. The first-order valence-electron chi connectivity index (χ1n) is 8.45. The van der Waals surface area contributed by atoms with Gasteiger partial charge in [-0.05, 0) is 30.7 Å². The molecule has 1 fully saturated rings. The van der Waals surface area contributed by atoms with Gasteiger partial charge >= 0.3 is 0 Å². The van der Waals surface area contributed by atoms with Crippen LogP contribution in [0.3, 0.4) is 0 Å². The van der Waals surface area contributed by atoms with Gasteiger partial charge in [-0.3, -0.25) is 4.79 Å². The molecule has 11 heteroatoms. The molecule has 1 heterocycles. The summed E-state index contributed by atoms with van der Waals surface area (Å²) >= 11 is 5.76. The lowest BCUT2D eigenvalue weighted by Crippen LogP contribution is -2.35. The van der Waals surface area contributed by atoms with E-state index in [2.05, 4.69) is 10.0 Å². The van der Waals surface area contributed by atoms with Crippen molar-refractivity contribution >= 4 is 33.2 Å². The fourth-order valence-corrected chi connectivity index (χ4v) is 4.22. The Morgan fingerprint density at radius 2 is 2.03 bits per heavy atom. The summed E-state index contributed by atoms with van der Waals surface area (Å²) in [5.41, 5.74) is -0.454. The molecular formula is C18H17ClF2N2O5S. The summed E-state index contributed by atoms with van der Waals surface area (Å²) in [5, 5.41) is 1.79. The lowest BCUT2D eigenvalue weighted by Gasteiger charge is -2.14. The van der Waals surface area contributed by atoms with Crippen molar-refractivity contribution in [3.05, 3.63) is 52.6 Å². The second-order valence-corrected chi connectivity index (χ2v) is 8.34. The average Bonchev–Trinajstić information content (AvgIpc) is 3.17. The number of hydrogen-bond donors (Lipinski definition) is 2. The van der Waals surface area contributed by atoms with E-state index in [1.165, 1.54) is 19.2 Å². The molecule has 1 aliphatic rings. The molecule has 2 N–H and O–H groups in total. The number of carbonyl (C=O) groups is 1. The van der Waals surface area contributed by atoms with E-state index >= 15 is 0 Å². The van der Waals surface area contributed by atoms with Gasteiger partial charge in [0.15, 0.2) is 0 Å². The van der Waals surface area contributed by atoms with Crippen molar-refractivity contribution in [1.82, 2.24) is 4.72 Å². The Morgan fingerprint density at radius 1 is 1.28 bits per heavy atom. The lowest BCUT2D eigenvalue weighted by atomic mass is 10.1. The first-order chi connectivity index (χ1) is 13.7. The van der Waals surface area contributed by atoms with Crippen molar-refractivity contribution < 1.29 is 31.5 Å². The number of sulfonamides is 1. The normalized spacial score (nSPS) is 16.6. The third-order valence-electron chi connectivity index (χ3n) is 4.22. The van der Waals surface area contributed by atoms with Crippen molar-refractivity contribution in [2.24, 2.45) is 0 Å². The van der Waals surface area contributed by atoms with Crippen LogP contribution in [0.2, 0.25) is 5.02 Å². The van der Waals surface area contributed by atoms with Gasteiger partial charge in [0.2, 0.25) is 10.0 Å². The Kier molecular flexibility index (Phi) is 6.37. The number of hydrogen-bond acceptors (Lipinski definition) is 5. The molecule has 2 aromatic carbocycles. The third-order valence-corrected chi connectivity index (χ3v) is 6.12. The highest BCUT2D eigenvalue weighted by molar-refractivity contribution is 7.89. The number of methoxy groups -OCH3 is 1. The molecule has 0 saturated carbocycles. The summed E-state index contributed by atoms with van der Waals surface area (Å²) in [6.45, 7) is 0.709. The highest BCUT2D eigenvalue weighted by atomic mass is 35.5. The van der Waals surface area contributed by atoms with Crippen molar-refractivity contribution in [1.29, 1.82) is 0 Å². The molecule has 7 nitrogen and oxygen atoms in total. The van der Waals surface area contributed by atoms with Gasteiger partial charge in [0.1, 0.15) is 22.4 Å². The minimum atomic E-state index is -3.93. The monoisotopic (exact) mass is 446 g/mol. The van der Waals surface area contributed by atoms with E-state index in [1.807, 2.05) is 0 Å². The highest BCUT2D eigenvalue weighted by Gasteiger charge is 2.25. The number of ether oxygens (including phenoxy) is 2. The number of rotatable bonds is 6. The van der Waals surface area contributed by atoms with E-state index in [-0.39, 0.29) is 34.5 Å². The van der Waals surface area contributed by atoms with Crippen LogP contribution >= 0.6 is 11.6 Å². The standard InChI is InChI=1S/C18H17ClF2N2O5S/c1-27-16-3-2-12(29(25,26)23-11-4-5-28-9-11)8-13(16)18(24)22-15-7-10(20)6-14(21)17(15)19/h2-3,6-8,11,23H,4-5,9H2,1H3,(H,22,24). The summed E-state index contributed by atoms with van der Waals surface area (Å²) in [5.74, 6) is -2.77. The molecule has 3 rings (SSSR count). The van der Waals surface area contributed by atoms with Crippen molar-refractivity contribution in [2.45, 2.75) is 17.4 Å². The number of carbonyl (C=O) groups excluding carboxylic acids is 1. The van der Waals surface area contributed by atoms with Gasteiger partial charge in [-0.15, -0.1) is 0 Å². The second-order valence-electron chi connectivity index (χ2n) is 6.25. The van der Waals surface area contributed by atoms with Crippen LogP contribution in [-0.2, 0) is 14.8 Å². The van der Waals surface area contributed by atoms with Crippen LogP contribution in [0, 0.1) is 11.6 Å². The molecule has 29 heavy (non-hydrogen) atoms. The molecule has 2 aromatic rings. The van der Waals surface area contributed by atoms with Gasteiger partial charge in [-0.1, -0.05) is 11.6 Å². The van der Waals surface area contributed by atoms with Crippen molar-refractivity contribution in [3.8, 4) is 5.75 Å². The van der Waals surface area contributed by atoms with E-state index in [9.17, 15) is 22.0 Å². The van der Waals surface area contributed by atoms with Gasteiger partial charge < -0.3 is 14.8 Å². The van der Waals surface area contributed by atoms with E-state index in [0.29, 0.717) is 19.1 Å². The Morgan fingerprint density at radius 3 is 2.69 bits per heavy atom. The number of nitrogens with one attached hydrogen (secondary N) is 2. The molecular weight excluding hydrogens is 430 g/mol. The molecule has 1 atom stereocenters. The minimum Gasteiger partial charge on any atom is -0.496 e. The Hall–Kier alpha value is -2.27. The molecule has 0 radical (unpaired) electrons. The number of halogens is 3. The van der Waals surface area contributed by atoms with Crippen molar-refractivity contribution in [2.75, 3.05) is 25.6 Å². The topological polar surface area (TPSA) is 93.7 Å². The predicted octanol–water partition coefficient (Wildman–Crippen LogP) is 2.95. The van der Waals surface area contributed by atoms with Crippen LogP contribution in [0.25, 0.3) is 0 Å². The molecule has 0 aliphatic carbocycles. The maximum absolute atomic E-state index is 13.6. The molecule has 1 amide bonds. The molecule has 1 unspecified atom stereocenters. The summed E-state index contributed by atoms with van der Waals surface area (Å²) in [6, 6.07) is 4.75. The zero-order chi connectivity index (χ0) is 21.2. The summed E-state index contributed by atoms with van der Waals surface area (Å²) in [7, 11) is -2.64. The summed E-state index contributed by atoms with van der Waals surface area (Å²) in [6.07, 6.45) is 0.534. The summed E-state index contributed by atoms with van der Waals surface area (Å²) < 4.78 is 65.0. The Balaban J connectivity index is 1.92. The summed E-state index contributed by atoms with van der Waals surface area (Å²) in [4.78, 5) is 12.5. The van der Waals surface area contributed by atoms with E-state index in [4.69, 9.17) is 21.1 Å². The first-order valence-corrected chi connectivity index (χ1v) is 10.3. The quantitative estimate of drug-likeness (QED) is 0.665. The fourth-order valence-electron chi connectivity index (χ4n) is 2.78. The zero-order valence-corrected chi connectivity index (χ0v) is 16.7. The molecule has 1 aliphatic heterocycles. The van der Waals surface area contributed by atoms with Crippen molar-refractivity contribution in [3.63, 3.8) is 0 Å². The fraction of sp³-hybridized carbons (Fsp3) is 0.278. The predicted molar refractivity (Wildman–Crippen MR) is 102 cm³/mol. The van der Waals surface area contributed by atoms with E-state index in [1.54, 1.807) is 0 Å². The number of anilines is 1. The maximum Gasteiger partial charge on any atom is 0.259 e. The van der Waals surface area contributed by atoms with Gasteiger partial charge in [0.05, 0.1) is 29.9 Å². The SMILES string of the molecule is COc1ccc(S(=O)(=O)NC2CCOC2)cc1C(=O)Nc1cc(F)cc(F)c1Cl. The maximum atomic E-state index is 13.6. The van der Waals surface area contributed by atoms with Crippen LogP contribution in [0.15, 0.2) is 35.2 Å². The highest BCUT2D eigenvalue weighted by Crippen LogP contribution is 2.29. The van der Waals surface area contributed by atoms with Crippen LogP contribution in [0.5, 0.6) is 5.75 Å². The van der Waals surface area contributed by atoms with Crippen LogP contribution in [0.1, 0.15) is 16.8 Å². The molecule has 0 spiro atoms. The van der Waals surface area contributed by atoms with Gasteiger partial charge in [0, 0.05) is 18.7 Å². The zero-order valence-electron chi connectivity index (χ0n) is 15.2. The molecule has 0 aromatic heterocycles. The average molecular weight is 447 g/mol. The largest absolute Gasteiger partial charge is 0.496 e. The van der Waals surface area contributed by atoms with E-state index in [0.717, 1.165) is 12.1 Å². The smallest absolute Gasteiger partial charge is 0.259 e. The number of amides is 1. The second kappa shape index (κ2) is 8.62. The Labute approximate surface area is 171 Å². The van der Waals surface area contributed by atoms with E-state index < -0.39 is 32.6 Å². The van der Waals surface area contributed by atoms with Gasteiger partial charge in [-0.25, -0.2) is 21.9 Å². The molecule has 1 saturated heterocycles. The molecule has 156 valence electrons. The Bertz CT molecular complexity index is 1040. The molecule has 0 bridgehead atoms. The first kappa shape index (κ1) is 21.4. The lowest BCUT2D eigenvalue weighted by molar-refractivity contribution is 0.102.